The second-order valence-electron chi connectivity index (χ2n) is 8.82. The SMILES string of the molecule is COc1ccc(C(=O)NC2CCC(CNc3cc(C(F)(F)F)nc4ccccc34)CC2)c(C)c1. The van der Waals surface area contributed by atoms with Crippen LogP contribution in [0.25, 0.3) is 10.9 Å². The first-order valence-corrected chi connectivity index (χ1v) is 11.4. The lowest BCUT2D eigenvalue weighted by Gasteiger charge is -2.30. The summed E-state index contributed by atoms with van der Waals surface area (Å²) >= 11 is 0. The van der Waals surface area contributed by atoms with Crippen LogP contribution in [0.15, 0.2) is 48.5 Å². The predicted octanol–water partition coefficient (Wildman–Crippen LogP) is 5.97. The molecule has 3 aromatic rings. The van der Waals surface area contributed by atoms with E-state index >= 15 is 0 Å². The molecule has 1 aliphatic carbocycles. The molecule has 0 spiro atoms. The maximum atomic E-state index is 13.3. The van der Waals surface area contributed by atoms with Crippen molar-refractivity contribution in [3.05, 3.63) is 65.4 Å². The van der Waals surface area contributed by atoms with E-state index < -0.39 is 11.9 Å². The molecule has 0 bridgehead atoms. The number of halogens is 3. The van der Waals surface area contributed by atoms with E-state index in [1.807, 2.05) is 13.0 Å². The molecule has 5 nitrogen and oxygen atoms in total. The predicted molar refractivity (Wildman–Crippen MR) is 126 cm³/mol. The third kappa shape index (κ3) is 5.43. The van der Waals surface area contributed by atoms with E-state index in [0.717, 1.165) is 37.3 Å². The Morgan fingerprint density at radius 2 is 1.82 bits per heavy atom. The van der Waals surface area contributed by atoms with Crippen LogP contribution in [-0.4, -0.2) is 30.6 Å². The number of rotatable bonds is 6. The summed E-state index contributed by atoms with van der Waals surface area (Å²) in [5, 5.41) is 7.03. The lowest BCUT2D eigenvalue weighted by molar-refractivity contribution is -0.140. The lowest BCUT2D eigenvalue weighted by atomic mass is 9.85. The molecule has 34 heavy (non-hydrogen) atoms. The average molecular weight is 472 g/mol. The molecule has 1 heterocycles. The lowest BCUT2D eigenvalue weighted by Crippen LogP contribution is -2.38. The van der Waals surface area contributed by atoms with Crippen molar-refractivity contribution in [2.45, 2.75) is 44.8 Å². The van der Waals surface area contributed by atoms with Gasteiger partial charge >= 0.3 is 6.18 Å². The molecule has 1 saturated carbocycles. The van der Waals surface area contributed by atoms with E-state index in [2.05, 4.69) is 15.6 Å². The van der Waals surface area contributed by atoms with Gasteiger partial charge in [0, 0.05) is 29.2 Å². The third-order valence-corrected chi connectivity index (χ3v) is 6.45. The van der Waals surface area contributed by atoms with Gasteiger partial charge in [0.1, 0.15) is 11.4 Å². The zero-order chi connectivity index (χ0) is 24.3. The Balaban J connectivity index is 1.34. The van der Waals surface area contributed by atoms with Crippen LogP contribution in [0.2, 0.25) is 0 Å². The van der Waals surface area contributed by atoms with Crippen molar-refractivity contribution in [3.63, 3.8) is 0 Å². The molecule has 180 valence electrons. The first-order valence-electron chi connectivity index (χ1n) is 11.4. The van der Waals surface area contributed by atoms with Crippen LogP contribution in [0.5, 0.6) is 5.75 Å². The number of anilines is 1. The van der Waals surface area contributed by atoms with Crippen molar-refractivity contribution in [2.75, 3.05) is 19.0 Å². The van der Waals surface area contributed by atoms with E-state index in [0.29, 0.717) is 40.4 Å². The minimum atomic E-state index is -4.50. The minimum absolute atomic E-state index is 0.0869. The van der Waals surface area contributed by atoms with Crippen molar-refractivity contribution >= 4 is 22.5 Å². The summed E-state index contributed by atoms with van der Waals surface area (Å²) in [5.74, 6) is 0.938. The Morgan fingerprint density at radius 3 is 2.50 bits per heavy atom. The van der Waals surface area contributed by atoms with E-state index in [9.17, 15) is 18.0 Å². The van der Waals surface area contributed by atoms with Gasteiger partial charge in [-0.05, 0) is 74.4 Å². The first kappa shape index (κ1) is 23.9. The van der Waals surface area contributed by atoms with E-state index in [1.54, 1.807) is 43.5 Å². The fourth-order valence-electron chi connectivity index (χ4n) is 4.51. The molecule has 8 heteroatoms. The van der Waals surface area contributed by atoms with Gasteiger partial charge in [0.05, 0.1) is 12.6 Å². The van der Waals surface area contributed by atoms with E-state index in [4.69, 9.17) is 4.74 Å². The van der Waals surface area contributed by atoms with Gasteiger partial charge in [-0.2, -0.15) is 13.2 Å². The zero-order valence-corrected chi connectivity index (χ0v) is 19.2. The zero-order valence-electron chi connectivity index (χ0n) is 19.2. The summed E-state index contributed by atoms with van der Waals surface area (Å²) < 4.78 is 45.1. The highest BCUT2D eigenvalue weighted by Crippen LogP contribution is 2.34. The van der Waals surface area contributed by atoms with Crippen LogP contribution in [0.4, 0.5) is 18.9 Å². The van der Waals surface area contributed by atoms with Crippen molar-refractivity contribution < 1.29 is 22.7 Å². The molecule has 2 N–H and O–H groups in total. The molecule has 0 saturated heterocycles. The summed E-state index contributed by atoms with van der Waals surface area (Å²) in [7, 11) is 1.59. The van der Waals surface area contributed by atoms with Gasteiger partial charge in [-0.25, -0.2) is 4.98 Å². The van der Waals surface area contributed by atoms with Crippen LogP contribution in [0.3, 0.4) is 0 Å². The summed E-state index contributed by atoms with van der Waals surface area (Å²) in [4.78, 5) is 16.5. The number of aromatic nitrogens is 1. The number of carbonyl (C=O) groups excluding carboxylic acids is 1. The van der Waals surface area contributed by atoms with Gasteiger partial charge in [0.15, 0.2) is 0 Å². The number of pyridine rings is 1. The smallest absolute Gasteiger partial charge is 0.433 e. The van der Waals surface area contributed by atoms with Crippen LogP contribution in [-0.2, 0) is 6.18 Å². The maximum absolute atomic E-state index is 13.3. The second kappa shape index (κ2) is 9.91. The number of amides is 1. The van der Waals surface area contributed by atoms with Crippen molar-refractivity contribution in [3.8, 4) is 5.75 Å². The van der Waals surface area contributed by atoms with Gasteiger partial charge in [-0.15, -0.1) is 0 Å². The van der Waals surface area contributed by atoms with Crippen LogP contribution < -0.4 is 15.4 Å². The number of alkyl halides is 3. The van der Waals surface area contributed by atoms with Gasteiger partial charge in [0.2, 0.25) is 0 Å². The second-order valence-corrected chi connectivity index (χ2v) is 8.82. The average Bonchev–Trinajstić information content (AvgIpc) is 2.82. The summed E-state index contributed by atoms with van der Waals surface area (Å²) in [6.07, 6.45) is -1.07. The Bertz CT molecular complexity index is 1170. The summed E-state index contributed by atoms with van der Waals surface area (Å²) in [6, 6.07) is 13.4. The number of benzene rings is 2. The van der Waals surface area contributed by atoms with Gasteiger partial charge in [0.25, 0.3) is 5.91 Å². The van der Waals surface area contributed by atoms with E-state index in [-0.39, 0.29) is 11.9 Å². The maximum Gasteiger partial charge on any atom is 0.433 e. The molecule has 0 unspecified atom stereocenters. The molecule has 1 amide bonds. The number of nitrogens with zero attached hydrogens (tertiary/aromatic N) is 1. The quantitative estimate of drug-likeness (QED) is 0.465. The van der Waals surface area contributed by atoms with Crippen molar-refractivity contribution in [1.82, 2.24) is 10.3 Å². The van der Waals surface area contributed by atoms with Crippen molar-refractivity contribution in [2.24, 2.45) is 5.92 Å². The molecule has 0 radical (unpaired) electrons. The Kier molecular flexibility index (Phi) is 6.95. The largest absolute Gasteiger partial charge is 0.497 e. The molecule has 0 atom stereocenters. The highest BCUT2D eigenvalue weighted by Gasteiger charge is 2.33. The van der Waals surface area contributed by atoms with Crippen LogP contribution in [0, 0.1) is 12.8 Å². The normalized spacial score (nSPS) is 18.5. The fraction of sp³-hybridized carbons (Fsp3) is 0.385. The molecule has 1 aromatic heterocycles. The first-order chi connectivity index (χ1) is 16.2. The Hall–Kier alpha value is -3.29. The number of hydrogen-bond acceptors (Lipinski definition) is 4. The summed E-state index contributed by atoms with van der Waals surface area (Å²) in [5.41, 5.74) is 1.37. The minimum Gasteiger partial charge on any atom is -0.497 e. The van der Waals surface area contributed by atoms with Gasteiger partial charge in [-0.1, -0.05) is 18.2 Å². The third-order valence-electron chi connectivity index (χ3n) is 6.45. The van der Waals surface area contributed by atoms with Crippen molar-refractivity contribution in [1.29, 1.82) is 0 Å². The molecule has 1 fully saturated rings. The molecular weight excluding hydrogens is 443 g/mol. The topological polar surface area (TPSA) is 63.2 Å². The number of hydrogen-bond donors (Lipinski definition) is 2. The number of methoxy groups -OCH3 is 1. The van der Waals surface area contributed by atoms with Crippen LogP contribution >= 0.6 is 0 Å². The number of carbonyl (C=O) groups is 1. The van der Waals surface area contributed by atoms with E-state index in [1.165, 1.54) is 0 Å². The molecule has 4 rings (SSSR count). The standard InChI is InChI=1S/C26H28F3N3O2/c1-16-13-19(34-2)11-12-20(16)25(33)31-18-9-7-17(8-10-18)15-30-23-14-24(26(27,28)29)32-22-6-4-3-5-21(22)23/h3-6,11-14,17-18H,7-10,15H2,1-2H3,(H,30,32)(H,31,33). The molecule has 1 aliphatic rings. The molecule has 2 aromatic carbocycles. The van der Waals surface area contributed by atoms with Gasteiger partial charge < -0.3 is 15.4 Å². The number of aryl methyl sites for hydroxylation is 1. The Morgan fingerprint density at radius 1 is 1.09 bits per heavy atom. The molecular formula is C26H28F3N3O2. The number of ether oxygens (including phenoxy) is 1. The monoisotopic (exact) mass is 471 g/mol. The fourth-order valence-corrected chi connectivity index (χ4v) is 4.51. The number of para-hydroxylation sites is 1. The number of fused-ring (bicyclic) bond motifs is 1. The molecule has 0 aliphatic heterocycles. The summed E-state index contributed by atoms with van der Waals surface area (Å²) in [6.45, 7) is 2.45. The van der Waals surface area contributed by atoms with Gasteiger partial charge in [-0.3, -0.25) is 4.79 Å². The number of nitrogens with one attached hydrogen (secondary N) is 2. The highest BCUT2D eigenvalue weighted by molar-refractivity contribution is 5.96. The van der Waals surface area contributed by atoms with Crippen LogP contribution in [0.1, 0.15) is 47.3 Å². The highest BCUT2D eigenvalue weighted by atomic mass is 19.4. The Labute approximate surface area is 196 Å².